The molecule has 0 saturated carbocycles. The number of halogens is 1. The quantitative estimate of drug-likeness (QED) is 0.610. The molecule has 5 heteroatoms. The van der Waals surface area contributed by atoms with Gasteiger partial charge in [-0.15, -0.1) is 0 Å². The summed E-state index contributed by atoms with van der Waals surface area (Å²) in [5, 5.41) is 0.190. The van der Waals surface area contributed by atoms with E-state index in [2.05, 4.69) is 20.7 Å². The van der Waals surface area contributed by atoms with Crippen molar-refractivity contribution in [3.63, 3.8) is 0 Å². The molecule has 4 nitrogen and oxygen atoms in total. The van der Waals surface area contributed by atoms with Gasteiger partial charge in [-0.25, -0.2) is 0 Å². The van der Waals surface area contributed by atoms with Gasteiger partial charge in [-0.1, -0.05) is 59.6 Å². The zero-order valence-corrected chi connectivity index (χ0v) is 14.1. The van der Waals surface area contributed by atoms with E-state index < -0.39 is 5.97 Å². The van der Waals surface area contributed by atoms with E-state index >= 15 is 0 Å². The second kappa shape index (κ2) is 10.4. The van der Waals surface area contributed by atoms with Gasteiger partial charge in [-0.05, 0) is 12.5 Å². The van der Waals surface area contributed by atoms with Gasteiger partial charge in [-0.2, -0.15) is 0 Å². The molecule has 0 radical (unpaired) electrons. The molecule has 0 atom stereocenters. The summed E-state index contributed by atoms with van der Waals surface area (Å²) in [6.07, 6.45) is 0. The summed E-state index contributed by atoms with van der Waals surface area (Å²) in [6.45, 7) is 6.37. The van der Waals surface area contributed by atoms with Crippen molar-refractivity contribution >= 4 is 27.8 Å². The SMILES string of the molecule is CC.COC(=O)CN(Cc1ccc(C)cc1)C(=O)CBr. The summed E-state index contributed by atoms with van der Waals surface area (Å²) in [6, 6.07) is 7.84. The molecular weight excluding hydrogens is 322 g/mol. The van der Waals surface area contributed by atoms with Crippen molar-refractivity contribution in [3.8, 4) is 0 Å². The van der Waals surface area contributed by atoms with Gasteiger partial charge in [0, 0.05) is 6.54 Å². The van der Waals surface area contributed by atoms with Crippen molar-refractivity contribution in [2.24, 2.45) is 0 Å². The Balaban J connectivity index is 0.00000172. The van der Waals surface area contributed by atoms with Gasteiger partial charge in [0.05, 0.1) is 12.4 Å². The number of hydrogen-bond donors (Lipinski definition) is 0. The standard InChI is InChI=1S/C13H16BrNO3.C2H6/c1-10-3-5-11(6-4-10)8-15(12(16)7-14)9-13(17)18-2;1-2/h3-6H,7-9H2,1-2H3;1-2H3. The second-order valence-electron chi connectivity index (χ2n) is 3.95. The number of benzene rings is 1. The molecule has 0 unspecified atom stereocenters. The van der Waals surface area contributed by atoms with Crippen LogP contribution in [0.25, 0.3) is 0 Å². The number of amides is 1. The first-order chi connectivity index (χ1) is 9.56. The van der Waals surface area contributed by atoms with Gasteiger partial charge in [0.25, 0.3) is 0 Å². The number of nitrogens with zero attached hydrogens (tertiary/aromatic N) is 1. The fourth-order valence-electron chi connectivity index (χ4n) is 1.45. The first-order valence-electron chi connectivity index (χ1n) is 6.53. The maximum absolute atomic E-state index is 11.7. The molecule has 0 heterocycles. The number of esters is 1. The predicted molar refractivity (Wildman–Crippen MR) is 83.8 cm³/mol. The third kappa shape index (κ3) is 6.70. The molecule has 1 aromatic carbocycles. The number of rotatable bonds is 5. The van der Waals surface area contributed by atoms with Crippen molar-refractivity contribution in [3.05, 3.63) is 35.4 Å². The van der Waals surface area contributed by atoms with Crippen LogP contribution in [0.5, 0.6) is 0 Å². The van der Waals surface area contributed by atoms with Crippen LogP contribution in [0, 0.1) is 6.92 Å². The Kier molecular flexibility index (Phi) is 9.72. The predicted octanol–water partition coefficient (Wildman–Crippen LogP) is 2.92. The molecule has 112 valence electrons. The number of hydrogen-bond acceptors (Lipinski definition) is 3. The van der Waals surface area contributed by atoms with Crippen LogP contribution in [0.15, 0.2) is 24.3 Å². The molecule has 1 rings (SSSR count). The first-order valence-corrected chi connectivity index (χ1v) is 7.65. The normalized spacial score (nSPS) is 9.25. The Labute approximate surface area is 129 Å². The van der Waals surface area contributed by atoms with E-state index in [9.17, 15) is 9.59 Å². The lowest BCUT2D eigenvalue weighted by Gasteiger charge is -2.20. The van der Waals surface area contributed by atoms with E-state index in [4.69, 9.17) is 0 Å². The number of carbonyl (C=O) groups excluding carboxylic acids is 2. The molecular formula is C15H22BrNO3. The molecule has 0 aromatic heterocycles. The largest absolute Gasteiger partial charge is 0.468 e. The molecule has 0 aliphatic heterocycles. The van der Waals surface area contributed by atoms with Crippen LogP contribution < -0.4 is 0 Å². The zero-order chi connectivity index (χ0) is 15.5. The van der Waals surface area contributed by atoms with Crippen molar-refractivity contribution in [2.75, 3.05) is 19.0 Å². The third-order valence-electron chi connectivity index (χ3n) is 2.51. The molecule has 0 saturated heterocycles. The van der Waals surface area contributed by atoms with E-state index in [1.807, 2.05) is 45.0 Å². The molecule has 0 aliphatic carbocycles. The molecule has 1 amide bonds. The highest BCUT2D eigenvalue weighted by atomic mass is 79.9. The van der Waals surface area contributed by atoms with Crippen LogP contribution in [0.1, 0.15) is 25.0 Å². The summed E-state index contributed by atoms with van der Waals surface area (Å²) < 4.78 is 4.58. The lowest BCUT2D eigenvalue weighted by molar-refractivity contribution is -0.146. The topological polar surface area (TPSA) is 46.6 Å². The van der Waals surface area contributed by atoms with E-state index in [0.717, 1.165) is 11.1 Å². The summed E-state index contributed by atoms with van der Waals surface area (Å²) >= 11 is 3.11. The minimum atomic E-state index is -0.420. The monoisotopic (exact) mass is 343 g/mol. The van der Waals surface area contributed by atoms with Gasteiger partial charge in [0.1, 0.15) is 6.54 Å². The van der Waals surface area contributed by atoms with Gasteiger partial charge in [-0.3, -0.25) is 9.59 Å². The van der Waals surface area contributed by atoms with Crippen LogP contribution in [-0.4, -0.2) is 35.8 Å². The molecule has 20 heavy (non-hydrogen) atoms. The van der Waals surface area contributed by atoms with Crippen LogP contribution in [0.3, 0.4) is 0 Å². The molecule has 0 N–H and O–H groups in total. The highest BCUT2D eigenvalue weighted by molar-refractivity contribution is 9.09. The van der Waals surface area contributed by atoms with Gasteiger partial charge in [0.15, 0.2) is 0 Å². The Hall–Kier alpha value is -1.36. The van der Waals surface area contributed by atoms with Gasteiger partial charge in [0.2, 0.25) is 5.91 Å². The fourth-order valence-corrected chi connectivity index (χ4v) is 1.81. The number of methoxy groups -OCH3 is 1. The van der Waals surface area contributed by atoms with Crippen LogP contribution in [0.4, 0.5) is 0 Å². The van der Waals surface area contributed by atoms with Crippen molar-refractivity contribution in [1.29, 1.82) is 0 Å². The minimum Gasteiger partial charge on any atom is -0.468 e. The molecule has 0 aliphatic rings. The summed E-state index contributed by atoms with van der Waals surface area (Å²) in [7, 11) is 1.31. The maximum Gasteiger partial charge on any atom is 0.325 e. The second-order valence-corrected chi connectivity index (χ2v) is 4.51. The van der Waals surface area contributed by atoms with Crippen molar-refractivity contribution < 1.29 is 14.3 Å². The van der Waals surface area contributed by atoms with Crippen molar-refractivity contribution in [1.82, 2.24) is 4.90 Å². The molecule has 0 bridgehead atoms. The average Bonchev–Trinajstić information content (AvgIpc) is 2.49. The third-order valence-corrected chi connectivity index (χ3v) is 2.99. The van der Waals surface area contributed by atoms with E-state index in [1.165, 1.54) is 12.0 Å². The highest BCUT2D eigenvalue weighted by Crippen LogP contribution is 2.08. The fraction of sp³-hybridized carbons (Fsp3) is 0.467. The number of carbonyl (C=O) groups is 2. The number of ether oxygens (including phenoxy) is 1. The van der Waals surface area contributed by atoms with E-state index in [0.29, 0.717) is 6.54 Å². The van der Waals surface area contributed by atoms with Gasteiger partial charge >= 0.3 is 5.97 Å². The maximum atomic E-state index is 11.7. The van der Waals surface area contributed by atoms with E-state index in [1.54, 1.807) is 0 Å². The number of aryl methyl sites for hydroxylation is 1. The smallest absolute Gasteiger partial charge is 0.325 e. The zero-order valence-electron chi connectivity index (χ0n) is 12.5. The summed E-state index contributed by atoms with van der Waals surface area (Å²) in [5.74, 6) is -0.558. The van der Waals surface area contributed by atoms with Crippen molar-refractivity contribution in [2.45, 2.75) is 27.3 Å². The molecule has 0 fully saturated rings. The lowest BCUT2D eigenvalue weighted by atomic mass is 10.1. The Morgan fingerprint density at radius 2 is 1.75 bits per heavy atom. The molecule has 0 spiro atoms. The van der Waals surface area contributed by atoms with Crippen LogP contribution in [-0.2, 0) is 20.9 Å². The first kappa shape index (κ1) is 18.6. The summed E-state index contributed by atoms with van der Waals surface area (Å²) in [5.41, 5.74) is 2.14. The van der Waals surface area contributed by atoms with Gasteiger partial charge < -0.3 is 9.64 Å². The Morgan fingerprint density at radius 3 is 2.20 bits per heavy atom. The minimum absolute atomic E-state index is 0.0329. The van der Waals surface area contributed by atoms with E-state index in [-0.39, 0.29) is 17.8 Å². The summed E-state index contributed by atoms with van der Waals surface area (Å²) in [4.78, 5) is 24.4. The lowest BCUT2D eigenvalue weighted by Crippen LogP contribution is -2.36. The average molecular weight is 344 g/mol. The van der Waals surface area contributed by atoms with Crippen LogP contribution >= 0.6 is 15.9 Å². The van der Waals surface area contributed by atoms with Crippen LogP contribution in [0.2, 0.25) is 0 Å². The number of alkyl halides is 1. The Morgan fingerprint density at radius 1 is 1.20 bits per heavy atom. The molecule has 1 aromatic rings. The Bertz CT molecular complexity index is 418. The highest BCUT2D eigenvalue weighted by Gasteiger charge is 2.16.